The standard InChI is InChI=1S/C21H21F3N2OS.C7H5F3/c1-28-20(27)25-16-11-14-3-2-9-26-10-8-17(18(12-16)19(14)26)13-4-6-15(7-5-13)21(22,23)24;8-7(9,10)6-4-2-1-3-5-6/h4-7,11-12,17H,2-3,8-10H2,1H3,(H,25,27);1-5H. The van der Waals surface area contributed by atoms with Crippen LogP contribution in [0.5, 0.6) is 0 Å². The zero-order valence-electron chi connectivity index (χ0n) is 20.5. The van der Waals surface area contributed by atoms with E-state index in [-0.39, 0.29) is 11.2 Å². The van der Waals surface area contributed by atoms with Crippen LogP contribution in [0.2, 0.25) is 0 Å². The highest BCUT2D eigenvalue weighted by Gasteiger charge is 2.33. The van der Waals surface area contributed by atoms with Crippen LogP contribution in [0.3, 0.4) is 0 Å². The molecule has 2 heterocycles. The smallest absolute Gasteiger partial charge is 0.371 e. The summed E-state index contributed by atoms with van der Waals surface area (Å²) in [6.45, 7) is 1.89. The largest absolute Gasteiger partial charge is 0.416 e. The summed E-state index contributed by atoms with van der Waals surface area (Å²) in [5.41, 5.74) is 3.91. The molecule has 2 aliphatic rings. The normalized spacial score (nSPS) is 16.7. The molecule has 0 spiro atoms. The first-order valence-electron chi connectivity index (χ1n) is 12.0. The van der Waals surface area contributed by atoms with Gasteiger partial charge >= 0.3 is 12.4 Å². The highest BCUT2D eigenvalue weighted by Crippen LogP contribution is 2.45. The molecule has 0 aliphatic carbocycles. The van der Waals surface area contributed by atoms with Crippen molar-refractivity contribution in [3.05, 3.63) is 94.5 Å². The zero-order valence-corrected chi connectivity index (χ0v) is 21.3. The van der Waals surface area contributed by atoms with Gasteiger partial charge in [0.05, 0.1) is 11.1 Å². The molecule has 0 saturated heterocycles. The lowest BCUT2D eigenvalue weighted by Crippen LogP contribution is -2.36. The number of carbonyl (C=O) groups is 1. The summed E-state index contributed by atoms with van der Waals surface area (Å²) in [7, 11) is 0. The third-order valence-electron chi connectivity index (χ3n) is 6.65. The van der Waals surface area contributed by atoms with Crippen molar-refractivity contribution in [3.8, 4) is 0 Å². The van der Waals surface area contributed by atoms with Crippen LogP contribution in [0.4, 0.5) is 42.5 Å². The van der Waals surface area contributed by atoms with Crippen LogP contribution in [0.15, 0.2) is 66.7 Å². The molecule has 1 atom stereocenters. The second-order valence-electron chi connectivity index (χ2n) is 9.11. The highest BCUT2D eigenvalue weighted by molar-refractivity contribution is 8.13. The van der Waals surface area contributed by atoms with Gasteiger partial charge in [0, 0.05) is 30.4 Å². The second-order valence-corrected chi connectivity index (χ2v) is 9.88. The molecular formula is C28H26F6N2OS. The van der Waals surface area contributed by atoms with E-state index in [1.807, 2.05) is 12.1 Å². The minimum Gasteiger partial charge on any atom is -0.371 e. The molecule has 1 unspecified atom stereocenters. The Morgan fingerprint density at radius 1 is 0.895 bits per heavy atom. The Labute approximate surface area is 221 Å². The lowest BCUT2D eigenvalue weighted by Gasteiger charge is -2.40. The summed E-state index contributed by atoms with van der Waals surface area (Å²) >= 11 is 1.12. The predicted octanol–water partition coefficient (Wildman–Crippen LogP) is 8.59. The molecule has 3 nitrogen and oxygen atoms in total. The molecule has 202 valence electrons. The first kappa shape index (κ1) is 27.9. The first-order valence-corrected chi connectivity index (χ1v) is 13.3. The van der Waals surface area contributed by atoms with E-state index in [1.54, 1.807) is 24.5 Å². The quantitative estimate of drug-likeness (QED) is 0.323. The van der Waals surface area contributed by atoms with Crippen molar-refractivity contribution in [2.75, 3.05) is 29.6 Å². The Kier molecular flexibility index (Phi) is 8.30. The van der Waals surface area contributed by atoms with Crippen LogP contribution in [0.1, 0.15) is 46.6 Å². The Bertz CT molecular complexity index is 1260. The van der Waals surface area contributed by atoms with Crippen molar-refractivity contribution in [3.63, 3.8) is 0 Å². The van der Waals surface area contributed by atoms with Gasteiger partial charge in [0.2, 0.25) is 0 Å². The summed E-state index contributed by atoms with van der Waals surface area (Å²) < 4.78 is 74.1. The van der Waals surface area contributed by atoms with Gasteiger partial charge in [-0.2, -0.15) is 26.3 Å². The number of carbonyl (C=O) groups excluding carboxylic acids is 1. The molecule has 5 rings (SSSR count). The number of hydrogen-bond donors (Lipinski definition) is 1. The van der Waals surface area contributed by atoms with Crippen LogP contribution in [-0.4, -0.2) is 24.6 Å². The van der Waals surface area contributed by atoms with Crippen molar-refractivity contribution < 1.29 is 31.1 Å². The van der Waals surface area contributed by atoms with Crippen LogP contribution in [0.25, 0.3) is 0 Å². The molecule has 0 fully saturated rings. The van der Waals surface area contributed by atoms with Gasteiger partial charge in [0.1, 0.15) is 0 Å². The van der Waals surface area contributed by atoms with E-state index in [9.17, 15) is 31.1 Å². The van der Waals surface area contributed by atoms with Crippen LogP contribution < -0.4 is 10.2 Å². The fourth-order valence-corrected chi connectivity index (χ4v) is 5.14. The molecule has 0 radical (unpaired) electrons. The van der Waals surface area contributed by atoms with Gasteiger partial charge < -0.3 is 10.2 Å². The minimum atomic E-state index is -4.33. The van der Waals surface area contributed by atoms with Crippen molar-refractivity contribution in [1.29, 1.82) is 0 Å². The van der Waals surface area contributed by atoms with Gasteiger partial charge in [-0.3, -0.25) is 4.79 Å². The van der Waals surface area contributed by atoms with Crippen LogP contribution >= 0.6 is 11.8 Å². The highest BCUT2D eigenvalue weighted by atomic mass is 32.2. The van der Waals surface area contributed by atoms with Crippen LogP contribution in [0, 0.1) is 0 Å². The summed E-state index contributed by atoms with van der Waals surface area (Å²) in [6.07, 6.45) is -3.95. The van der Waals surface area contributed by atoms with Crippen molar-refractivity contribution >= 4 is 28.4 Å². The number of aryl methyl sites for hydroxylation is 1. The minimum absolute atomic E-state index is 0.0246. The zero-order chi connectivity index (χ0) is 27.5. The lowest BCUT2D eigenvalue weighted by atomic mass is 9.80. The fourth-order valence-electron chi connectivity index (χ4n) is 4.92. The summed E-state index contributed by atoms with van der Waals surface area (Å²) in [4.78, 5) is 14.2. The summed E-state index contributed by atoms with van der Waals surface area (Å²) in [5.74, 6) is 0.0246. The number of halogens is 6. The number of amides is 1. The maximum Gasteiger partial charge on any atom is 0.416 e. The average molecular weight is 553 g/mol. The molecule has 0 bridgehead atoms. The van der Waals surface area contributed by atoms with Gasteiger partial charge in [-0.15, -0.1) is 0 Å². The molecule has 0 aromatic heterocycles. The van der Waals surface area contributed by atoms with E-state index >= 15 is 0 Å². The third-order valence-corrected chi connectivity index (χ3v) is 7.12. The Balaban J connectivity index is 0.000000283. The van der Waals surface area contributed by atoms with E-state index in [0.717, 1.165) is 85.2 Å². The van der Waals surface area contributed by atoms with Crippen molar-refractivity contribution in [1.82, 2.24) is 0 Å². The predicted molar refractivity (Wildman–Crippen MR) is 139 cm³/mol. The number of benzene rings is 3. The molecule has 38 heavy (non-hydrogen) atoms. The number of nitrogens with one attached hydrogen (secondary N) is 1. The maximum atomic E-state index is 12.9. The molecule has 1 amide bonds. The Morgan fingerprint density at radius 2 is 1.53 bits per heavy atom. The molecular weight excluding hydrogens is 526 g/mol. The molecule has 10 heteroatoms. The average Bonchev–Trinajstić information content (AvgIpc) is 2.89. The first-order chi connectivity index (χ1) is 18.0. The van der Waals surface area contributed by atoms with Crippen molar-refractivity contribution in [2.24, 2.45) is 0 Å². The van der Waals surface area contributed by atoms with Crippen LogP contribution in [-0.2, 0) is 18.8 Å². The molecule has 3 aromatic rings. The SMILES string of the molecule is CSC(=O)Nc1cc2c3c(c1)C(c1ccc(C(F)(F)F)cc1)CCN3CCC2.FC(F)(F)c1ccccc1. The topological polar surface area (TPSA) is 32.3 Å². The number of rotatable bonds is 2. The van der Waals surface area contributed by atoms with E-state index in [4.69, 9.17) is 0 Å². The number of alkyl halides is 6. The fraction of sp³-hybridized carbons (Fsp3) is 0.321. The van der Waals surface area contributed by atoms with Crippen molar-refractivity contribution in [2.45, 2.75) is 37.5 Å². The van der Waals surface area contributed by atoms with Gasteiger partial charge in [-0.05, 0) is 66.5 Å². The number of thioether (sulfide) groups is 1. The molecule has 0 saturated carbocycles. The van der Waals surface area contributed by atoms with E-state index in [2.05, 4.69) is 10.2 Å². The van der Waals surface area contributed by atoms with Gasteiger partial charge in [-0.25, -0.2) is 0 Å². The molecule has 3 aromatic carbocycles. The monoisotopic (exact) mass is 552 g/mol. The number of hydrogen-bond acceptors (Lipinski definition) is 3. The van der Waals surface area contributed by atoms with E-state index in [1.165, 1.54) is 23.4 Å². The third kappa shape index (κ3) is 6.46. The summed E-state index contributed by atoms with van der Waals surface area (Å²) in [6, 6.07) is 15.9. The number of nitrogens with zero attached hydrogens (tertiary/aromatic N) is 1. The number of anilines is 2. The van der Waals surface area contributed by atoms with Gasteiger partial charge in [0.15, 0.2) is 0 Å². The lowest BCUT2D eigenvalue weighted by molar-refractivity contribution is -0.138. The Morgan fingerprint density at radius 3 is 2.11 bits per heavy atom. The van der Waals surface area contributed by atoms with E-state index < -0.39 is 23.5 Å². The van der Waals surface area contributed by atoms with E-state index in [0.29, 0.717) is 0 Å². The Hall–Kier alpha value is -3.14. The molecule has 2 aliphatic heterocycles. The van der Waals surface area contributed by atoms with Gasteiger partial charge in [0.25, 0.3) is 5.24 Å². The van der Waals surface area contributed by atoms with Gasteiger partial charge in [-0.1, -0.05) is 54.2 Å². The summed E-state index contributed by atoms with van der Waals surface area (Å²) in [5, 5.41) is 2.79. The maximum absolute atomic E-state index is 12.9. The second kappa shape index (κ2) is 11.3. The molecule has 1 N–H and O–H groups in total.